The van der Waals surface area contributed by atoms with E-state index in [0.29, 0.717) is 6.61 Å². The fraction of sp³-hybridized carbons (Fsp3) is 0.600. The molecule has 4 nitrogen and oxygen atoms in total. The van der Waals surface area contributed by atoms with Crippen LogP contribution in [0, 0.1) is 0 Å². The second-order valence-corrected chi connectivity index (χ2v) is 6.38. The topological polar surface area (TPSA) is 41.7 Å². The second-order valence-electron chi connectivity index (χ2n) is 5.46. The summed E-state index contributed by atoms with van der Waals surface area (Å²) < 4.78 is 6.97. The zero-order valence-corrected chi connectivity index (χ0v) is 13.9. The maximum Gasteiger partial charge on any atom is 0.125 e. The van der Waals surface area contributed by atoms with Crippen molar-refractivity contribution in [3.63, 3.8) is 0 Å². The van der Waals surface area contributed by atoms with Gasteiger partial charge in [-0.25, -0.2) is 0 Å². The smallest absolute Gasteiger partial charge is 0.125 e. The first-order chi connectivity index (χ1) is 9.56. The monoisotopic (exact) mass is 341 g/mol. The lowest BCUT2D eigenvalue weighted by Crippen LogP contribution is -2.45. The van der Waals surface area contributed by atoms with Crippen molar-refractivity contribution in [1.82, 2.24) is 9.80 Å². The van der Waals surface area contributed by atoms with Crippen molar-refractivity contribution in [2.75, 3.05) is 46.4 Å². The minimum Gasteiger partial charge on any atom is -0.492 e. The maximum atomic E-state index is 5.98. The number of benzene rings is 1. The minimum atomic E-state index is -0.0123. The Hall–Kier alpha value is -0.620. The molecule has 0 saturated carbocycles. The van der Waals surface area contributed by atoms with Gasteiger partial charge < -0.3 is 15.4 Å². The number of halogens is 1. The molecular weight excluding hydrogens is 318 g/mol. The Morgan fingerprint density at radius 3 is 2.65 bits per heavy atom. The third-order valence-electron chi connectivity index (χ3n) is 3.73. The number of nitrogens with zero attached hydrogens (tertiary/aromatic N) is 2. The zero-order chi connectivity index (χ0) is 14.5. The van der Waals surface area contributed by atoms with E-state index in [1.807, 2.05) is 25.1 Å². The summed E-state index contributed by atoms with van der Waals surface area (Å²) in [6.07, 6.45) is 0. The summed E-state index contributed by atoms with van der Waals surface area (Å²) in [6, 6.07) is 6.02. The van der Waals surface area contributed by atoms with Crippen LogP contribution in [0.1, 0.15) is 18.5 Å². The molecule has 1 aromatic carbocycles. The average Bonchev–Trinajstić information content (AvgIpc) is 2.41. The highest BCUT2D eigenvalue weighted by Crippen LogP contribution is 2.27. The van der Waals surface area contributed by atoms with Gasteiger partial charge in [-0.3, -0.25) is 4.90 Å². The Labute approximate surface area is 130 Å². The van der Waals surface area contributed by atoms with E-state index in [4.69, 9.17) is 10.5 Å². The van der Waals surface area contributed by atoms with Crippen molar-refractivity contribution >= 4 is 15.9 Å². The quantitative estimate of drug-likeness (QED) is 0.890. The third kappa shape index (κ3) is 4.45. The second kappa shape index (κ2) is 7.41. The Kier molecular flexibility index (Phi) is 5.84. The summed E-state index contributed by atoms with van der Waals surface area (Å²) in [5.74, 6) is 0.892. The van der Waals surface area contributed by atoms with Gasteiger partial charge in [0.2, 0.25) is 0 Å². The van der Waals surface area contributed by atoms with Crippen LogP contribution < -0.4 is 10.5 Å². The summed E-state index contributed by atoms with van der Waals surface area (Å²) in [4.78, 5) is 4.81. The molecule has 5 heteroatoms. The Morgan fingerprint density at radius 1 is 1.30 bits per heavy atom. The van der Waals surface area contributed by atoms with Crippen LogP contribution in [0.15, 0.2) is 22.7 Å². The van der Waals surface area contributed by atoms with E-state index in [-0.39, 0.29) is 6.04 Å². The highest BCUT2D eigenvalue weighted by molar-refractivity contribution is 9.10. The number of nitrogens with two attached hydrogens (primary N) is 1. The highest BCUT2D eigenvalue weighted by Gasteiger charge is 2.14. The predicted molar refractivity (Wildman–Crippen MR) is 86.2 cm³/mol. The first kappa shape index (κ1) is 15.8. The van der Waals surface area contributed by atoms with Crippen LogP contribution in [0.2, 0.25) is 0 Å². The van der Waals surface area contributed by atoms with Gasteiger partial charge in [0.1, 0.15) is 12.4 Å². The minimum absolute atomic E-state index is 0.0123. The van der Waals surface area contributed by atoms with Crippen molar-refractivity contribution < 1.29 is 4.74 Å². The average molecular weight is 342 g/mol. The molecule has 20 heavy (non-hydrogen) atoms. The fourth-order valence-corrected chi connectivity index (χ4v) is 2.71. The molecule has 0 unspecified atom stereocenters. The van der Waals surface area contributed by atoms with Gasteiger partial charge in [0.25, 0.3) is 0 Å². The van der Waals surface area contributed by atoms with E-state index in [2.05, 4.69) is 32.8 Å². The van der Waals surface area contributed by atoms with Crippen molar-refractivity contribution in [2.45, 2.75) is 13.0 Å². The number of rotatable bonds is 5. The van der Waals surface area contributed by atoms with Gasteiger partial charge >= 0.3 is 0 Å². The van der Waals surface area contributed by atoms with Gasteiger partial charge in [0, 0.05) is 48.8 Å². The molecule has 1 fully saturated rings. The molecule has 2 rings (SSSR count). The molecule has 0 radical (unpaired) electrons. The SMILES string of the molecule is C[C@@H](N)c1ccc(Br)cc1OCCN1CCN(C)CC1. The number of hydrogen-bond acceptors (Lipinski definition) is 4. The summed E-state index contributed by atoms with van der Waals surface area (Å²) in [7, 11) is 2.17. The molecule has 2 N–H and O–H groups in total. The Bertz CT molecular complexity index is 431. The van der Waals surface area contributed by atoms with E-state index in [1.165, 1.54) is 0 Å². The fourth-order valence-electron chi connectivity index (χ4n) is 2.37. The molecule has 1 atom stereocenters. The van der Waals surface area contributed by atoms with Gasteiger partial charge in [0.15, 0.2) is 0 Å². The number of likely N-dealkylation sites (N-methyl/N-ethyl adjacent to an activating group) is 1. The first-order valence-electron chi connectivity index (χ1n) is 7.15. The Morgan fingerprint density at radius 2 is 2.00 bits per heavy atom. The highest BCUT2D eigenvalue weighted by atomic mass is 79.9. The molecule has 1 aromatic rings. The van der Waals surface area contributed by atoms with Crippen molar-refractivity contribution in [2.24, 2.45) is 5.73 Å². The molecule has 1 heterocycles. The normalized spacial score (nSPS) is 19.0. The molecule has 0 aliphatic carbocycles. The van der Waals surface area contributed by atoms with E-state index >= 15 is 0 Å². The van der Waals surface area contributed by atoms with Crippen molar-refractivity contribution in [1.29, 1.82) is 0 Å². The molecule has 0 amide bonds. The van der Waals surface area contributed by atoms with Crippen LogP contribution >= 0.6 is 15.9 Å². The van der Waals surface area contributed by atoms with Crippen LogP contribution in [0.5, 0.6) is 5.75 Å². The van der Waals surface area contributed by atoms with E-state index in [1.54, 1.807) is 0 Å². The largest absolute Gasteiger partial charge is 0.492 e. The summed E-state index contributed by atoms with van der Waals surface area (Å²) >= 11 is 3.48. The summed E-state index contributed by atoms with van der Waals surface area (Å²) in [5.41, 5.74) is 7.04. The van der Waals surface area contributed by atoms with Crippen LogP contribution in [0.25, 0.3) is 0 Å². The lowest BCUT2D eigenvalue weighted by molar-refractivity contribution is 0.133. The number of ether oxygens (including phenoxy) is 1. The first-order valence-corrected chi connectivity index (χ1v) is 7.94. The number of piperazine rings is 1. The van der Waals surface area contributed by atoms with Gasteiger partial charge in [-0.2, -0.15) is 0 Å². The van der Waals surface area contributed by atoms with Gasteiger partial charge in [-0.1, -0.05) is 22.0 Å². The molecule has 0 aromatic heterocycles. The lowest BCUT2D eigenvalue weighted by atomic mass is 10.1. The van der Waals surface area contributed by atoms with Crippen LogP contribution in [-0.4, -0.2) is 56.2 Å². The summed E-state index contributed by atoms with van der Waals surface area (Å²) in [5, 5.41) is 0. The van der Waals surface area contributed by atoms with Gasteiger partial charge in [-0.05, 0) is 26.1 Å². The molecule has 0 bridgehead atoms. The molecule has 0 spiro atoms. The van der Waals surface area contributed by atoms with E-state index in [9.17, 15) is 0 Å². The van der Waals surface area contributed by atoms with E-state index < -0.39 is 0 Å². The molecule has 1 aliphatic rings. The predicted octanol–water partition coefficient (Wildman–Crippen LogP) is 2.10. The summed E-state index contributed by atoms with van der Waals surface area (Å²) in [6.45, 7) is 8.19. The van der Waals surface area contributed by atoms with Gasteiger partial charge in [0.05, 0.1) is 0 Å². The molecule has 112 valence electrons. The molecule has 1 aliphatic heterocycles. The number of hydrogen-bond donors (Lipinski definition) is 1. The van der Waals surface area contributed by atoms with Gasteiger partial charge in [-0.15, -0.1) is 0 Å². The third-order valence-corrected chi connectivity index (χ3v) is 4.22. The van der Waals surface area contributed by atoms with Crippen molar-refractivity contribution in [3.8, 4) is 5.75 Å². The van der Waals surface area contributed by atoms with Crippen LogP contribution in [0.4, 0.5) is 0 Å². The van der Waals surface area contributed by atoms with E-state index in [0.717, 1.165) is 48.5 Å². The molecule has 1 saturated heterocycles. The van der Waals surface area contributed by atoms with Crippen LogP contribution in [-0.2, 0) is 0 Å². The molecular formula is C15H24BrN3O. The van der Waals surface area contributed by atoms with Crippen LogP contribution in [0.3, 0.4) is 0 Å². The standard InChI is InChI=1S/C15H24BrN3O/c1-12(17)14-4-3-13(16)11-15(14)20-10-9-19-7-5-18(2)6-8-19/h3-4,11-12H,5-10,17H2,1-2H3/t12-/m1/s1. The zero-order valence-electron chi connectivity index (χ0n) is 12.3. The maximum absolute atomic E-state index is 5.98. The Balaban J connectivity index is 1.86. The lowest BCUT2D eigenvalue weighted by Gasteiger charge is -2.32. The van der Waals surface area contributed by atoms with Crippen molar-refractivity contribution in [3.05, 3.63) is 28.2 Å².